The summed E-state index contributed by atoms with van der Waals surface area (Å²) < 4.78 is 27.0. The van der Waals surface area contributed by atoms with Crippen LogP contribution in [0.4, 0.5) is 8.78 Å². The average molecular weight is 431 g/mol. The van der Waals surface area contributed by atoms with Crippen LogP contribution >= 0.6 is 0 Å². The van der Waals surface area contributed by atoms with E-state index in [4.69, 9.17) is 17.5 Å². The Morgan fingerprint density at radius 3 is 1.84 bits per heavy atom. The van der Waals surface area contributed by atoms with Crippen LogP contribution in [0.15, 0.2) is 65.8 Å². The first-order chi connectivity index (χ1) is 15.5. The van der Waals surface area contributed by atoms with Gasteiger partial charge in [-0.25, -0.2) is 15.4 Å². The lowest BCUT2D eigenvalue weighted by Crippen LogP contribution is -2.16. The molecule has 6 rings (SSSR count). The molecule has 3 N–H and O–H groups in total. The molecule has 2 aromatic carbocycles. The molecule has 2 fully saturated rings. The second kappa shape index (κ2) is 7.90. The van der Waals surface area contributed by atoms with Gasteiger partial charge in [0, 0.05) is 17.0 Å². The van der Waals surface area contributed by atoms with E-state index in [-0.39, 0.29) is 23.6 Å². The van der Waals surface area contributed by atoms with E-state index in [0.717, 1.165) is 24.0 Å². The van der Waals surface area contributed by atoms with Gasteiger partial charge < -0.3 is 15.8 Å². The largest absolute Gasteiger partial charge is 0.409 e. The van der Waals surface area contributed by atoms with Crippen molar-refractivity contribution in [2.24, 2.45) is 40.5 Å². The van der Waals surface area contributed by atoms with E-state index in [1.165, 1.54) is 12.1 Å². The molecule has 0 aliphatic heterocycles. The van der Waals surface area contributed by atoms with Crippen LogP contribution in [0.25, 0.3) is 16.0 Å². The molecule has 6 heteroatoms. The summed E-state index contributed by atoms with van der Waals surface area (Å²) in [6.07, 6.45) is 5.84. The minimum absolute atomic E-state index is 0.149. The maximum Gasteiger partial charge on any atom is 0.234 e. The maximum absolute atomic E-state index is 13.6. The smallest absolute Gasteiger partial charge is 0.234 e. The number of amidine groups is 1. The Bertz CT molecular complexity index is 1200. The zero-order valence-electron chi connectivity index (χ0n) is 17.3. The van der Waals surface area contributed by atoms with Gasteiger partial charge in [0.25, 0.3) is 0 Å². The second-order valence-corrected chi connectivity index (χ2v) is 8.90. The molecule has 0 heterocycles. The molecule has 2 aromatic rings. The summed E-state index contributed by atoms with van der Waals surface area (Å²) in [4.78, 5) is 3.55. The molecule has 4 nitrogen and oxygen atoms in total. The Morgan fingerprint density at radius 1 is 0.906 bits per heavy atom. The number of nitrogens with two attached hydrogens (primary N) is 1. The first-order valence-corrected chi connectivity index (χ1v) is 10.8. The summed E-state index contributed by atoms with van der Waals surface area (Å²) in [5.74, 6) is 1.69. The van der Waals surface area contributed by atoms with Crippen LogP contribution in [0, 0.1) is 47.8 Å². The quantitative estimate of drug-likeness (QED) is 0.226. The van der Waals surface area contributed by atoms with Gasteiger partial charge >= 0.3 is 0 Å². The molecular weight excluding hydrogens is 408 g/mol. The van der Waals surface area contributed by atoms with Crippen molar-refractivity contribution in [3.63, 3.8) is 0 Å². The number of allylic oxidation sites excluding steroid dienone is 3. The predicted octanol–water partition coefficient (Wildman–Crippen LogP) is 5.37. The molecule has 2 saturated carbocycles. The van der Waals surface area contributed by atoms with Gasteiger partial charge in [-0.05, 0) is 48.0 Å². The third kappa shape index (κ3) is 3.48. The SMILES string of the molecule is N/C(=N\O)[C@@H]1[C@H]2C=C(c3ccccc3F)C[C@H]21.[C-]#[N+][C@@H]1[C@H]2C=C(c3ccccc3F)C[C@H]21. The standard InChI is InChI=1S/C13H13FN2O.C13H10FN/c14-11-4-2-1-3-8(11)7-5-9-10(6-7)12(9)13(15)16-17;1-15-13-10-6-8(7-11(10)13)9-4-2-3-5-12(9)14/h1-5,9-10,12,17H,6H2,(H2,15,16);2-6,10-11,13H,7H2/t9-,10+,12+;10-,11+,13+/m00/s1. The van der Waals surface area contributed by atoms with Gasteiger partial charge in [-0.3, -0.25) is 0 Å². The van der Waals surface area contributed by atoms with Crippen molar-refractivity contribution < 1.29 is 14.0 Å². The minimum atomic E-state index is -0.180. The summed E-state index contributed by atoms with van der Waals surface area (Å²) >= 11 is 0. The Labute approximate surface area is 185 Å². The molecule has 0 bridgehead atoms. The zero-order chi connectivity index (χ0) is 22.4. The van der Waals surface area contributed by atoms with E-state index in [2.05, 4.69) is 22.2 Å². The van der Waals surface area contributed by atoms with Gasteiger partial charge in [-0.1, -0.05) is 53.7 Å². The average Bonchev–Trinajstić information content (AvgIpc) is 3.51. The Balaban J connectivity index is 0.000000136. The molecule has 0 spiro atoms. The molecule has 0 radical (unpaired) electrons. The molecule has 4 aliphatic carbocycles. The summed E-state index contributed by atoms with van der Waals surface area (Å²) in [5, 5.41) is 11.6. The fourth-order valence-electron chi connectivity index (χ4n) is 5.37. The van der Waals surface area contributed by atoms with Gasteiger partial charge in [-0.15, -0.1) is 0 Å². The molecule has 6 atom stereocenters. The van der Waals surface area contributed by atoms with Crippen molar-refractivity contribution in [2.45, 2.75) is 18.9 Å². The highest BCUT2D eigenvalue weighted by atomic mass is 19.1. The fraction of sp³-hybridized carbons (Fsp3) is 0.308. The molecular formula is C26H23F2N3O. The topological polar surface area (TPSA) is 63.0 Å². The molecule has 0 saturated heterocycles. The van der Waals surface area contributed by atoms with Crippen molar-refractivity contribution in [3.8, 4) is 0 Å². The van der Waals surface area contributed by atoms with E-state index >= 15 is 0 Å². The van der Waals surface area contributed by atoms with E-state index < -0.39 is 0 Å². The summed E-state index contributed by atoms with van der Waals surface area (Å²) in [6, 6.07) is 13.8. The van der Waals surface area contributed by atoms with Gasteiger partial charge in [0.2, 0.25) is 6.04 Å². The van der Waals surface area contributed by atoms with Crippen molar-refractivity contribution in [1.29, 1.82) is 0 Å². The molecule has 32 heavy (non-hydrogen) atoms. The molecule has 4 aliphatic rings. The van der Waals surface area contributed by atoms with E-state index in [0.29, 0.717) is 40.6 Å². The second-order valence-electron chi connectivity index (χ2n) is 8.90. The number of halogens is 2. The number of hydrogen-bond donors (Lipinski definition) is 2. The molecule has 162 valence electrons. The van der Waals surface area contributed by atoms with Crippen LogP contribution in [0.2, 0.25) is 0 Å². The monoisotopic (exact) mass is 431 g/mol. The fourth-order valence-corrected chi connectivity index (χ4v) is 5.37. The third-order valence-corrected chi connectivity index (χ3v) is 7.16. The van der Waals surface area contributed by atoms with Gasteiger partial charge in [0.1, 0.15) is 17.5 Å². The third-order valence-electron chi connectivity index (χ3n) is 7.16. The van der Waals surface area contributed by atoms with Gasteiger partial charge in [-0.2, -0.15) is 0 Å². The summed E-state index contributed by atoms with van der Waals surface area (Å²) in [7, 11) is 0. The molecule has 0 unspecified atom stereocenters. The first kappa shape index (κ1) is 20.4. The lowest BCUT2D eigenvalue weighted by atomic mass is 10.0. The van der Waals surface area contributed by atoms with Crippen LogP contribution in [-0.2, 0) is 0 Å². The summed E-state index contributed by atoms with van der Waals surface area (Å²) in [5.41, 5.74) is 9.10. The predicted molar refractivity (Wildman–Crippen MR) is 119 cm³/mol. The lowest BCUT2D eigenvalue weighted by molar-refractivity contribution is 0.316. The summed E-state index contributed by atoms with van der Waals surface area (Å²) in [6.45, 7) is 6.95. The number of nitrogens with zero attached hydrogens (tertiary/aromatic N) is 2. The normalized spacial score (nSPS) is 31.3. The lowest BCUT2D eigenvalue weighted by Gasteiger charge is -2.07. The first-order valence-electron chi connectivity index (χ1n) is 10.8. The van der Waals surface area contributed by atoms with Crippen LogP contribution in [0.3, 0.4) is 0 Å². The van der Waals surface area contributed by atoms with E-state index in [1.54, 1.807) is 18.2 Å². The van der Waals surface area contributed by atoms with Gasteiger partial charge in [0.05, 0.1) is 11.8 Å². The Kier molecular flexibility index (Phi) is 5.05. The van der Waals surface area contributed by atoms with Crippen LogP contribution < -0.4 is 5.73 Å². The highest BCUT2D eigenvalue weighted by Gasteiger charge is 2.59. The van der Waals surface area contributed by atoms with Crippen molar-refractivity contribution in [3.05, 3.63) is 94.9 Å². The Hall–Kier alpha value is -3.46. The molecule has 0 amide bonds. The van der Waals surface area contributed by atoms with E-state index in [1.807, 2.05) is 18.2 Å². The highest BCUT2D eigenvalue weighted by molar-refractivity contribution is 5.88. The number of oxime groups is 1. The van der Waals surface area contributed by atoms with Crippen LogP contribution in [0.1, 0.15) is 24.0 Å². The van der Waals surface area contributed by atoms with Gasteiger partial charge in [0.15, 0.2) is 0 Å². The van der Waals surface area contributed by atoms with Crippen molar-refractivity contribution >= 4 is 17.0 Å². The number of rotatable bonds is 3. The minimum Gasteiger partial charge on any atom is -0.409 e. The number of benzene rings is 2. The molecule has 0 aromatic heterocycles. The number of fused-ring (bicyclic) bond motifs is 2. The van der Waals surface area contributed by atoms with E-state index in [9.17, 15) is 8.78 Å². The van der Waals surface area contributed by atoms with Crippen LogP contribution in [0.5, 0.6) is 0 Å². The van der Waals surface area contributed by atoms with Crippen molar-refractivity contribution in [2.75, 3.05) is 0 Å². The number of hydrogen-bond acceptors (Lipinski definition) is 2. The maximum atomic E-state index is 13.6. The van der Waals surface area contributed by atoms with Crippen LogP contribution in [-0.4, -0.2) is 17.1 Å². The van der Waals surface area contributed by atoms with Crippen molar-refractivity contribution in [1.82, 2.24) is 0 Å². The Morgan fingerprint density at radius 2 is 1.44 bits per heavy atom. The highest BCUT2D eigenvalue weighted by Crippen LogP contribution is 2.58. The zero-order valence-corrected chi connectivity index (χ0v) is 17.3.